The van der Waals surface area contributed by atoms with Gasteiger partial charge in [-0.2, -0.15) is 0 Å². The quantitative estimate of drug-likeness (QED) is 0.220. The van der Waals surface area contributed by atoms with Gasteiger partial charge in [-0.1, -0.05) is 121 Å². The average Bonchev–Trinajstić information content (AvgIpc) is 3.05. The molecule has 4 heteroatoms. The van der Waals surface area contributed by atoms with Crippen LogP contribution < -0.4 is 10.6 Å². The fourth-order valence-electron chi connectivity index (χ4n) is 5.64. The molecule has 42 heavy (non-hydrogen) atoms. The van der Waals surface area contributed by atoms with Gasteiger partial charge in [0.1, 0.15) is 0 Å². The Labute approximate surface area is 244 Å². The van der Waals surface area contributed by atoms with E-state index in [4.69, 9.17) is 0 Å². The van der Waals surface area contributed by atoms with Crippen LogP contribution in [0.25, 0.3) is 22.3 Å². The predicted octanol–water partition coefficient (Wildman–Crippen LogP) is 9.28. The Morgan fingerprint density at radius 1 is 0.310 bits per heavy atom. The molecule has 0 spiro atoms. The molecule has 0 fully saturated rings. The van der Waals surface area contributed by atoms with E-state index >= 15 is 0 Å². The lowest BCUT2D eigenvalue weighted by Crippen LogP contribution is -2.23. The molecule has 4 nitrogen and oxygen atoms in total. The topological polar surface area (TPSA) is 58.2 Å². The number of carbonyl (C=O) groups is 2. The largest absolute Gasteiger partial charge is 0.354 e. The molecule has 2 N–H and O–H groups in total. The summed E-state index contributed by atoms with van der Waals surface area (Å²) in [6, 6.07) is 47.0. The lowest BCUT2D eigenvalue weighted by molar-refractivity contribution is 0.0980. The summed E-state index contributed by atoms with van der Waals surface area (Å²) >= 11 is 0. The minimum absolute atomic E-state index is 0.181. The molecule has 0 bridgehead atoms. The normalized spacial score (nSPS) is 11.9. The third kappa shape index (κ3) is 4.45. The number of fused-ring (bicyclic) bond motifs is 2. The minimum Gasteiger partial charge on any atom is -0.354 e. The van der Waals surface area contributed by atoms with Crippen molar-refractivity contribution in [3.05, 3.63) is 168 Å². The Kier molecular flexibility index (Phi) is 6.42. The van der Waals surface area contributed by atoms with Crippen LogP contribution in [0.5, 0.6) is 0 Å². The van der Waals surface area contributed by atoms with Crippen LogP contribution in [0, 0.1) is 0 Å². The number of benzene rings is 6. The number of rotatable bonds is 6. The number of para-hydroxylation sites is 2. The molecule has 6 aromatic carbocycles. The molecule has 0 unspecified atom stereocenters. The van der Waals surface area contributed by atoms with Crippen LogP contribution in [-0.2, 0) is 0 Å². The second-order valence-corrected chi connectivity index (χ2v) is 10.2. The SMILES string of the molecule is O=C1c2ccccc2C(=O)c2c(Nc3ccccc3-c3ccccc3)ccc(Nc3ccccc3-c3ccccc3)c21. The Hall–Kier alpha value is -5.74. The highest BCUT2D eigenvalue weighted by Crippen LogP contribution is 2.41. The van der Waals surface area contributed by atoms with Crippen molar-refractivity contribution in [1.82, 2.24) is 0 Å². The average molecular weight is 543 g/mol. The van der Waals surface area contributed by atoms with E-state index in [2.05, 4.69) is 34.9 Å². The number of nitrogens with one attached hydrogen (secondary N) is 2. The Morgan fingerprint density at radius 2 is 0.643 bits per heavy atom. The van der Waals surface area contributed by atoms with Gasteiger partial charge in [0.15, 0.2) is 11.6 Å². The molecule has 1 aliphatic rings. The van der Waals surface area contributed by atoms with E-state index in [-0.39, 0.29) is 11.6 Å². The van der Waals surface area contributed by atoms with Crippen LogP contribution in [-0.4, -0.2) is 11.6 Å². The van der Waals surface area contributed by atoms with Crippen LogP contribution in [0.4, 0.5) is 22.7 Å². The standard InChI is InChI=1S/C38H26N2O2/c41-37-29-19-7-8-20-30(29)38(42)36-34(40-32-22-12-10-18-28(32)26-15-5-2-6-16-26)24-23-33(35(36)37)39-31-21-11-9-17-27(31)25-13-3-1-4-14-25/h1-24,39-40H. The van der Waals surface area contributed by atoms with Crippen molar-refractivity contribution in [3.8, 4) is 22.3 Å². The van der Waals surface area contributed by atoms with Gasteiger partial charge in [-0.3, -0.25) is 9.59 Å². The molecule has 0 saturated heterocycles. The van der Waals surface area contributed by atoms with E-state index in [0.29, 0.717) is 33.6 Å². The molecule has 0 radical (unpaired) electrons. The zero-order valence-corrected chi connectivity index (χ0v) is 22.7. The maximum atomic E-state index is 14.1. The molecule has 0 aromatic heterocycles. The van der Waals surface area contributed by atoms with Crippen molar-refractivity contribution >= 4 is 34.3 Å². The van der Waals surface area contributed by atoms with Crippen LogP contribution in [0.1, 0.15) is 31.8 Å². The van der Waals surface area contributed by atoms with E-state index in [0.717, 1.165) is 33.6 Å². The van der Waals surface area contributed by atoms with E-state index in [9.17, 15) is 9.59 Å². The van der Waals surface area contributed by atoms with Crippen molar-refractivity contribution < 1.29 is 9.59 Å². The van der Waals surface area contributed by atoms with Crippen LogP contribution in [0.15, 0.2) is 146 Å². The summed E-state index contributed by atoms with van der Waals surface area (Å²) in [6.45, 7) is 0. The second-order valence-electron chi connectivity index (χ2n) is 10.2. The van der Waals surface area contributed by atoms with Gasteiger partial charge in [-0.25, -0.2) is 0 Å². The highest BCUT2D eigenvalue weighted by Gasteiger charge is 2.34. The maximum absolute atomic E-state index is 14.1. The maximum Gasteiger partial charge on any atom is 0.196 e. The molecule has 0 heterocycles. The van der Waals surface area contributed by atoms with Crippen molar-refractivity contribution in [3.63, 3.8) is 0 Å². The third-order valence-electron chi connectivity index (χ3n) is 7.64. The molecular weight excluding hydrogens is 516 g/mol. The monoisotopic (exact) mass is 542 g/mol. The zero-order valence-electron chi connectivity index (χ0n) is 22.7. The molecule has 7 rings (SSSR count). The molecule has 0 saturated carbocycles. The lowest BCUT2D eigenvalue weighted by atomic mass is 9.82. The minimum atomic E-state index is -0.181. The molecule has 0 atom stereocenters. The number of hydrogen-bond donors (Lipinski definition) is 2. The molecule has 6 aromatic rings. The highest BCUT2D eigenvalue weighted by molar-refractivity contribution is 6.32. The van der Waals surface area contributed by atoms with Gasteiger partial charge in [-0.05, 0) is 35.4 Å². The van der Waals surface area contributed by atoms with Gasteiger partial charge in [0, 0.05) is 33.6 Å². The summed E-state index contributed by atoms with van der Waals surface area (Å²) in [5.41, 5.74) is 8.53. The van der Waals surface area contributed by atoms with E-state index in [1.807, 2.05) is 97.1 Å². The Morgan fingerprint density at radius 3 is 1.05 bits per heavy atom. The first-order chi connectivity index (χ1) is 20.7. The van der Waals surface area contributed by atoms with Crippen molar-refractivity contribution in [1.29, 1.82) is 0 Å². The van der Waals surface area contributed by atoms with Gasteiger partial charge in [0.05, 0.1) is 22.5 Å². The summed E-state index contributed by atoms with van der Waals surface area (Å²) in [5, 5.41) is 7.02. The fraction of sp³-hybridized carbons (Fsp3) is 0. The summed E-state index contributed by atoms with van der Waals surface area (Å²) in [4.78, 5) is 28.2. The van der Waals surface area contributed by atoms with Gasteiger partial charge < -0.3 is 10.6 Å². The summed E-state index contributed by atoms with van der Waals surface area (Å²) in [7, 11) is 0. The molecule has 0 amide bonds. The lowest BCUT2D eigenvalue weighted by Gasteiger charge is -2.25. The van der Waals surface area contributed by atoms with Crippen LogP contribution in [0.3, 0.4) is 0 Å². The van der Waals surface area contributed by atoms with Gasteiger partial charge in [-0.15, -0.1) is 0 Å². The van der Waals surface area contributed by atoms with Crippen molar-refractivity contribution in [2.45, 2.75) is 0 Å². The summed E-state index contributed by atoms with van der Waals surface area (Å²) in [6.07, 6.45) is 0. The fourth-order valence-corrected chi connectivity index (χ4v) is 5.64. The van der Waals surface area contributed by atoms with Gasteiger partial charge in [0.2, 0.25) is 0 Å². The summed E-state index contributed by atoms with van der Waals surface area (Å²) in [5.74, 6) is -0.361. The first-order valence-corrected chi connectivity index (χ1v) is 13.9. The smallest absolute Gasteiger partial charge is 0.196 e. The molecule has 1 aliphatic carbocycles. The summed E-state index contributed by atoms with van der Waals surface area (Å²) < 4.78 is 0. The first kappa shape index (κ1) is 25.2. The molecule has 0 aliphatic heterocycles. The van der Waals surface area contributed by atoms with E-state index < -0.39 is 0 Å². The highest BCUT2D eigenvalue weighted by atomic mass is 16.1. The van der Waals surface area contributed by atoms with E-state index in [1.165, 1.54) is 0 Å². The van der Waals surface area contributed by atoms with Gasteiger partial charge >= 0.3 is 0 Å². The Balaban J connectivity index is 1.38. The number of carbonyl (C=O) groups excluding carboxylic acids is 2. The molecule has 200 valence electrons. The van der Waals surface area contributed by atoms with Crippen molar-refractivity contribution in [2.24, 2.45) is 0 Å². The van der Waals surface area contributed by atoms with Gasteiger partial charge in [0.25, 0.3) is 0 Å². The van der Waals surface area contributed by atoms with Crippen LogP contribution in [0.2, 0.25) is 0 Å². The number of ketones is 2. The number of anilines is 4. The van der Waals surface area contributed by atoms with Crippen molar-refractivity contribution in [2.75, 3.05) is 10.6 Å². The second kappa shape index (κ2) is 10.7. The third-order valence-corrected chi connectivity index (χ3v) is 7.64. The molecular formula is C38H26N2O2. The van der Waals surface area contributed by atoms with E-state index in [1.54, 1.807) is 24.3 Å². The predicted molar refractivity (Wildman–Crippen MR) is 170 cm³/mol. The van der Waals surface area contributed by atoms with Crippen LogP contribution >= 0.6 is 0 Å². The Bertz CT molecular complexity index is 1820. The zero-order chi connectivity index (χ0) is 28.5. The number of hydrogen-bond acceptors (Lipinski definition) is 4. The first-order valence-electron chi connectivity index (χ1n) is 13.9.